The Bertz CT molecular complexity index is 455. The Morgan fingerprint density at radius 1 is 1.50 bits per heavy atom. The van der Waals surface area contributed by atoms with E-state index in [1.165, 1.54) is 4.88 Å². The fourth-order valence-corrected chi connectivity index (χ4v) is 3.98. The molecule has 3 N–H and O–H groups in total. The number of nitrogens with one attached hydrogen (secondary N) is 1. The van der Waals surface area contributed by atoms with Gasteiger partial charge in [0.15, 0.2) is 0 Å². The van der Waals surface area contributed by atoms with Gasteiger partial charge in [0.25, 0.3) is 0 Å². The first-order valence-electron chi connectivity index (χ1n) is 7.43. The van der Waals surface area contributed by atoms with Gasteiger partial charge in [0.2, 0.25) is 5.91 Å². The first kappa shape index (κ1) is 15.5. The second-order valence-corrected chi connectivity index (χ2v) is 7.63. The average Bonchev–Trinajstić information content (AvgIpc) is 2.89. The van der Waals surface area contributed by atoms with Crippen molar-refractivity contribution in [3.8, 4) is 0 Å². The highest BCUT2D eigenvalue weighted by molar-refractivity contribution is 7.10. The van der Waals surface area contributed by atoms with Crippen molar-refractivity contribution in [3.63, 3.8) is 0 Å². The molecular formula is C16H26N2OS. The molecule has 1 aliphatic carbocycles. The van der Waals surface area contributed by atoms with E-state index in [0.29, 0.717) is 5.92 Å². The van der Waals surface area contributed by atoms with E-state index < -0.39 is 0 Å². The van der Waals surface area contributed by atoms with Crippen LogP contribution in [0.1, 0.15) is 51.5 Å². The summed E-state index contributed by atoms with van der Waals surface area (Å²) in [6.45, 7) is 8.58. The molecule has 1 aromatic rings. The van der Waals surface area contributed by atoms with Gasteiger partial charge in [-0.1, -0.05) is 26.8 Å². The average molecular weight is 294 g/mol. The molecule has 1 aromatic heterocycles. The fraction of sp³-hybridized carbons (Fsp3) is 0.688. The molecule has 1 amide bonds. The van der Waals surface area contributed by atoms with Crippen LogP contribution in [0.5, 0.6) is 0 Å². The number of thiophene rings is 1. The lowest BCUT2D eigenvalue weighted by Crippen LogP contribution is -2.51. The number of rotatable bonds is 3. The predicted molar refractivity (Wildman–Crippen MR) is 84.5 cm³/mol. The Kier molecular flexibility index (Phi) is 4.55. The minimum atomic E-state index is -0.0447. The summed E-state index contributed by atoms with van der Waals surface area (Å²) < 4.78 is 0. The third kappa shape index (κ3) is 2.91. The first-order valence-corrected chi connectivity index (χ1v) is 8.31. The van der Waals surface area contributed by atoms with E-state index in [2.05, 4.69) is 39.1 Å². The van der Waals surface area contributed by atoms with Gasteiger partial charge in [-0.05, 0) is 42.5 Å². The van der Waals surface area contributed by atoms with Gasteiger partial charge in [-0.25, -0.2) is 0 Å². The molecule has 0 bridgehead atoms. The zero-order chi connectivity index (χ0) is 14.9. The van der Waals surface area contributed by atoms with Crippen molar-refractivity contribution in [2.24, 2.45) is 23.0 Å². The Balaban J connectivity index is 2.05. The summed E-state index contributed by atoms with van der Waals surface area (Å²) in [5, 5.41) is 5.22. The molecule has 1 fully saturated rings. The van der Waals surface area contributed by atoms with Crippen molar-refractivity contribution in [2.75, 3.05) is 0 Å². The maximum absolute atomic E-state index is 12.6. The van der Waals surface area contributed by atoms with Gasteiger partial charge in [0, 0.05) is 16.8 Å². The van der Waals surface area contributed by atoms with Gasteiger partial charge in [-0.2, -0.15) is 0 Å². The highest BCUT2D eigenvalue weighted by atomic mass is 32.1. The largest absolute Gasteiger partial charge is 0.349 e. The summed E-state index contributed by atoms with van der Waals surface area (Å²) in [5.74, 6) is 0.596. The van der Waals surface area contributed by atoms with E-state index in [-0.39, 0.29) is 29.3 Å². The van der Waals surface area contributed by atoms with Gasteiger partial charge in [0.05, 0.1) is 6.04 Å². The monoisotopic (exact) mass is 294 g/mol. The summed E-state index contributed by atoms with van der Waals surface area (Å²) in [6.07, 6.45) is 1.83. The molecule has 0 aromatic carbocycles. The Hall–Kier alpha value is -0.870. The van der Waals surface area contributed by atoms with Gasteiger partial charge < -0.3 is 11.1 Å². The maximum Gasteiger partial charge on any atom is 0.224 e. The molecule has 20 heavy (non-hydrogen) atoms. The Morgan fingerprint density at radius 3 is 2.80 bits per heavy atom. The van der Waals surface area contributed by atoms with Crippen molar-refractivity contribution < 1.29 is 4.79 Å². The van der Waals surface area contributed by atoms with E-state index >= 15 is 0 Å². The molecule has 0 spiro atoms. The summed E-state index contributed by atoms with van der Waals surface area (Å²) in [5.41, 5.74) is 6.12. The molecule has 1 heterocycles. The Labute approximate surface area is 125 Å². The number of hydrogen-bond donors (Lipinski definition) is 2. The Morgan fingerprint density at radius 2 is 2.20 bits per heavy atom. The van der Waals surface area contributed by atoms with E-state index in [1.54, 1.807) is 11.3 Å². The zero-order valence-electron chi connectivity index (χ0n) is 12.8. The van der Waals surface area contributed by atoms with Crippen LogP contribution in [0, 0.1) is 17.3 Å². The molecule has 3 unspecified atom stereocenters. The highest BCUT2D eigenvalue weighted by Gasteiger charge is 2.45. The third-order valence-electron chi connectivity index (χ3n) is 5.15. The van der Waals surface area contributed by atoms with Crippen molar-refractivity contribution in [1.82, 2.24) is 5.32 Å². The molecule has 0 radical (unpaired) electrons. The van der Waals surface area contributed by atoms with Crippen LogP contribution in [0.3, 0.4) is 0 Å². The van der Waals surface area contributed by atoms with Crippen LogP contribution in [-0.2, 0) is 4.79 Å². The summed E-state index contributed by atoms with van der Waals surface area (Å²) in [4.78, 5) is 13.8. The highest BCUT2D eigenvalue weighted by Crippen LogP contribution is 2.44. The lowest BCUT2D eigenvalue weighted by Gasteiger charge is -2.46. The number of carbonyl (C=O) groups is 1. The van der Waals surface area contributed by atoms with Crippen LogP contribution >= 0.6 is 11.3 Å². The quantitative estimate of drug-likeness (QED) is 0.898. The summed E-state index contributed by atoms with van der Waals surface area (Å²) in [7, 11) is 0. The molecule has 1 saturated carbocycles. The van der Waals surface area contributed by atoms with Crippen LogP contribution in [0.2, 0.25) is 0 Å². The van der Waals surface area contributed by atoms with Crippen molar-refractivity contribution in [1.29, 1.82) is 0 Å². The molecular weight excluding hydrogens is 268 g/mol. The van der Waals surface area contributed by atoms with E-state index in [0.717, 1.165) is 12.8 Å². The lowest BCUT2D eigenvalue weighted by atomic mass is 9.61. The lowest BCUT2D eigenvalue weighted by molar-refractivity contribution is -0.133. The van der Waals surface area contributed by atoms with Crippen LogP contribution in [0.15, 0.2) is 17.5 Å². The number of carbonyl (C=O) groups excluding carboxylic acids is 1. The van der Waals surface area contributed by atoms with Crippen LogP contribution in [0.25, 0.3) is 0 Å². The van der Waals surface area contributed by atoms with Crippen molar-refractivity contribution in [2.45, 2.75) is 52.6 Å². The second-order valence-electron chi connectivity index (χ2n) is 6.65. The minimum Gasteiger partial charge on any atom is -0.349 e. The second kappa shape index (κ2) is 5.86. The standard InChI is InChI=1S/C16H26N2OS/c1-10-13(17)8-7-12(16(10,3)4)15(19)18-11(2)14-6-5-9-20-14/h5-6,9-13H,7-8,17H2,1-4H3,(H,18,19)/t10?,11-,12?,13?/m1/s1. The molecule has 112 valence electrons. The molecule has 4 heteroatoms. The number of hydrogen-bond acceptors (Lipinski definition) is 3. The van der Waals surface area contributed by atoms with Gasteiger partial charge in [0.1, 0.15) is 0 Å². The van der Waals surface area contributed by atoms with Crippen LogP contribution < -0.4 is 11.1 Å². The maximum atomic E-state index is 12.6. The normalized spacial score (nSPS) is 30.8. The molecule has 0 saturated heterocycles. The predicted octanol–water partition coefficient (Wildman–Crippen LogP) is 3.32. The zero-order valence-corrected chi connectivity index (χ0v) is 13.7. The van der Waals surface area contributed by atoms with E-state index in [9.17, 15) is 4.79 Å². The summed E-state index contributed by atoms with van der Waals surface area (Å²) in [6, 6.07) is 4.39. The first-order chi connectivity index (χ1) is 9.34. The smallest absolute Gasteiger partial charge is 0.224 e. The van der Waals surface area contributed by atoms with Crippen molar-refractivity contribution >= 4 is 17.2 Å². The fourth-order valence-electron chi connectivity index (χ4n) is 3.24. The molecule has 3 nitrogen and oxygen atoms in total. The van der Waals surface area contributed by atoms with Gasteiger partial charge >= 0.3 is 0 Å². The topological polar surface area (TPSA) is 55.1 Å². The van der Waals surface area contributed by atoms with Crippen LogP contribution in [0.4, 0.5) is 0 Å². The molecule has 0 aliphatic heterocycles. The van der Waals surface area contributed by atoms with Gasteiger partial charge in [-0.3, -0.25) is 4.79 Å². The number of nitrogens with two attached hydrogens (primary N) is 1. The van der Waals surface area contributed by atoms with Crippen LogP contribution in [-0.4, -0.2) is 11.9 Å². The SMILES string of the molecule is CC1C(N)CCC(C(=O)N[C@H](C)c2cccs2)C1(C)C. The molecule has 1 aliphatic rings. The van der Waals surface area contributed by atoms with Crippen molar-refractivity contribution in [3.05, 3.63) is 22.4 Å². The van der Waals surface area contributed by atoms with E-state index in [1.807, 2.05) is 11.4 Å². The third-order valence-corrected chi connectivity index (χ3v) is 6.20. The van der Waals surface area contributed by atoms with E-state index in [4.69, 9.17) is 5.73 Å². The molecule has 4 atom stereocenters. The number of amides is 1. The minimum absolute atomic E-state index is 0.0447. The van der Waals surface area contributed by atoms with Gasteiger partial charge in [-0.15, -0.1) is 11.3 Å². The molecule has 2 rings (SSSR count). The summed E-state index contributed by atoms with van der Waals surface area (Å²) >= 11 is 1.69.